The quantitative estimate of drug-likeness (QED) is 0.696. The summed E-state index contributed by atoms with van der Waals surface area (Å²) in [4.78, 5) is 4.49. The summed E-state index contributed by atoms with van der Waals surface area (Å²) >= 11 is 0. The highest BCUT2D eigenvalue weighted by Crippen LogP contribution is 2.26. The standard InChI is InChI=1S/C16H16N2O/c1-11-7-12(2)18-15(10-17-16(18)8-11)13-5-4-6-14(9-13)19-3/h4-10H,1-3H3. The first kappa shape index (κ1) is 11.8. The number of aromatic nitrogens is 2. The molecule has 0 saturated heterocycles. The minimum Gasteiger partial charge on any atom is -0.497 e. The number of pyridine rings is 1. The summed E-state index contributed by atoms with van der Waals surface area (Å²) in [5.41, 5.74) is 5.60. The Morgan fingerprint density at radius 3 is 2.74 bits per heavy atom. The molecule has 0 fully saturated rings. The zero-order valence-electron chi connectivity index (χ0n) is 11.3. The van der Waals surface area contributed by atoms with Crippen LogP contribution >= 0.6 is 0 Å². The summed E-state index contributed by atoms with van der Waals surface area (Å²) in [5, 5.41) is 0. The van der Waals surface area contributed by atoms with Gasteiger partial charge in [0.05, 0.1) is 19.0 Å². The Morgan fingerprint density at radius 1 is 1.11 bits per heavy atom. The number of methoxy groups -OCH3 is 1. The van der Waals surface area contributed by atoms with E-state index >= 15 is 0 Å². The van der Waals surface area contributed by atoms with Gasteiger partial charge in [0.25, 0.3) is 0 Å². The second-order valence-corrected chi connectivity index (χ2v) is 4.74. The first-order chi connectivity index (χ1) is 9.19. The molecular formula is C16H16N2O. The number of nitrogens with zero attached hydrogens (tertiary/aromatic N) is 2. The van der Waals surface area contributed by atoms with E-state index in [9.17, 15) is 0 Å². The van der Waals surface area contributed by atoms with Crippen LogP contribution in [-0.4, -0.2) is 16.5 Å². The van der Waals surface area contributed by atoms with Crippen LogP contribution in [0.25, 0.3) is 16.9 Å². The highest BCUT2D eigenvalue weighted by molar-refractivity contribution is 5.66. The van der Waals surface area contributed by atoms with Gasteiger partial charge in [-0.15, -0.1) is 0 Å². The highest BCUT2D eigenvalue weighted by Gasteiger charge is 2.09. The number of ether oxygens (including phenoxy) is 1. The Morgan fingerprint density at radius 2 is 1.95 bits per heavy atom. The van der Waals surface area contributed by atoms with Gasteiger partial charge in [0.1, 0.15) is 11.4 Å². The molecule has 0 aliphatic carbocycles. The Bertz CT molecular complexity index is 744. The molecule has 0 aliphatic rings. The summed E-state index contributed by atoms with van der Waals surface area (Å²) < 4.78 is 7.45. The fourth-order valence-corrected chi connectivity index (χ4v) is 2.46. The van der Waals surface area contributed by atoms with Crippen LogP contribution in [0.1, 0.15) is 11.3 Å². The number of fused-ring (bicyclic) bond motifs is 1. The van der Waals surface area contributed by atoms with E-state index in [0.717, 1.165) is 22.7 Å². The molecule has 96 valence electrons. The molecule has 3 heteroatoms. The molecule has 0 atom stereocenters. The topological polar surface area (TPSA) is 26.5 Å². The molecule has 0 unspecified atom stereocenters. The molecule has 3 aromatic rings. The molecule has 0 aliphatic heterocycles. The van der Waals surface area contributed by atoms with Gasteiger partial charge in [0, 0.05) is 11.3 Å². The molecule has 3 rings (SSSR count). The van der Waals surface area contributed by atoms with Gasteiger partial charge in [-0.25, -0.2) is 4.98 Å². The minimum atomic E-state index is 0.859. The number of aryl methyl sites for hydroxylation is 2. The van der Waals surface area contributed by atoms with E-state index < -0.39 is 0 Å². The Kier molecular flexibility index (Phi) is 2.75. The molecule has 0 spiro atoms. The second kappa shape index (κ2) is 4.43. The molecule has 19 heavy (non-hydrogen) atoms. The van der Waals surface area contributed by atoms with Crippen molar-refractivity contribution in [2.45, 2.75) is 13.8 Å². The summed E-state index contributed by atoms with van der Waals surface area (Å²) in [7, 11) is 1.68. The van der Waals surface area contributed by atoms with Gasteiger partial charge in [-0.05, 0) is 43.7 Å². The fourth-order valence-electron chi connectivity index (χ4n) is 2.46. The third-order valence-corrected chi connectivity index (χ3v) is 3.30. The second-order valence-electron chi connectivity index (χ2n) is 4.74. The third-order valence-electron chi connectivity index (χ3n) is 3.30. The van der Waals surface area contributed by atoms with Crippen LogP contribution < -0.4 is 4.74 Å². The van der Waals surface area contributed by atoms with E-state index in [1.165, 1.54) is 11.3 Å². The normalized spacial score (nSPS) is 10.9. The van der Waals surface area contributed by atoms with Gasteiger partial charge in [-0.2, -0.15) is 0 Å². The Balaban J connectivity index is 2.25. The molecule has 0 amide bonds. The van der Waals surface area contributed by atoms with Crippen LogP contribution in [0.5, 0.6) is 5.75 Å². The van der Waals surface area contributed by atoms with Crippen molar-refractivity contribution < 1.29 is 4.74 Å². The lowest BCUT2D eigenvalue weighted by Crippen LogP contribution is -1.95. The monoisotopic (exact) mass is 252 g/mol. The SMILES string of the molecule is COc1cccc(-c2cnc3cc(C)cc(C)n23)c1. The van der Waals surface area contributed by atoms with Crippen molar-refractivity contribution in [3.05, 3.63) is 53.9 Å². The lowest BCUT2D eigenvalue weighted by molar-refractivity contribution is 0.415. The third kappa shape index (κ3) is 1.97. The number of hydrogen-bond acceptors (Lipinski definition) is 2. The molecule has 0 bridgehead atoms. The first-order valence-corrected chi connectivity index (χ1v) is 6.28. The van der Waals surface area contributed by atoms with E-state index in [4.69, 9.17) is 4.74 Å². The molecule has 1 aromatic carbocycles. The molecular weight excluding hydrogens is 236 g/mol. The smallest absolute Gasteiger partial charge is 0.137 e. The molecule has 0 N–H and O–H groups in total. The zero-order chi connectivity index (χ0) is 13.4. The summed E-state index contributed by atoms with van der Waals surface area (Å²) in [5.74, 6) is 0.859. The maximum atomic E-state index is 5.28. The van der Waals surface area contributed by atoms with Gasteiger partial charge >= 0.3 is 0 Å². The fraction of sp³-hybridized carbons (Fsp3) is 0.188. The number of rotatable bonds is 2. The average molecular weight is 252 g/mol. The van der Waals surface area contributed by atoms with Crippen molar-refractivity contribution in [1.29, 1.82) is 0 Å². The van der Waals surface area contributed by atoms with Gasteiger partial charge in [-0.1, -0.05) is 12.1 Å². The minimum absolute atomic E-state index is 0.859. The van der Waals surface area contributed by atoms with Crippen LogP contribution in [0.3, 0.4) is 0 Å². The number of hydrogen-bond donors (Lipinski definition) is 0. The lowest BCUT2D eigenvalue weighted by atomic mass is 10.1. The zero-order valence-corrected chi connectivity index (χ0v) is 11.3. The van der Waals surface area contributed by atoms with E-state index in [2.05, 4.69) is 41.4 Å². The van der Waals surface area contributed by atoms with Crippen LogP contribution in [0, 0.1) is 13.8 Å². The first-order valence-electron chi connectivity index (χ1n) is 6.28. The van der Waals surface area contributed by atoms with E-state index in [1.807, 2.05) is 24.4 Å². The number of benzene rings is 1. The van der Waals surface area contributed by atoms with Crippen molar-refractivity contribution in [3.8, 4) is 17.0 Å². The molecule has 3 nitrogen and oxygen atoms in total. The maximum Gasteiger partial charge on any atom is 0.137 e. The van der Waals surface area contributed by atoms with Crippen LogP contribution in [-0.2, 0) is 0 Å². The van der Waals surface area contributed by atoms with Crippen molar-refractivity contribution in [2.24, 2.45) is 0 Å². The van der Waals surface area contributed by atoms with Crippen LogP contribution in [0.15, 0.2) is 42.6 Å². The van der Waals surface area contributed by atoms with Crippen LogP contribution in [0.4, 0.5) is 0 Å². The van der Waals surface area contributed by atoms with Crippen LogP contribution in [0.2, 0.25) is 0 Å². The lowest BCUT2D eigenvalue weighted by Gasteiger charge is -2.08. The number of imidazole rings is 1. The molecule has 2 heterocycles. The Hall–Kier alpha value is -2.29. The van der Waals surface area contributed by atoms with E-state index in [0.29, 0.717) is 0 Å². The molecule has 0 saturated carbocycles. The van der Waals surface area contributed by atoms with Gasteiger partial charge in [0.2, 0.25) is 0 Å². The summed E-state index contributed by atoms with van der Waals surface area (Å²) in [6.07, 6.45) is 1.91. The van der Waals surface area contributed by atoms with Crippen molar-refractivity contribution in [1.82, 2.24) is 9.38 Å². The maximum absolute atomic E-state index is 5.28. The van der Waals surface area contributed by atoms with Crippen molar-refractivity contribution in [3.63, 3.8) is 0 Å². The summed E-state index contributed by atoms with van der Waals surface area (Å²) in [6.45, 7) is 4.19. The predicted octanol–water partition coefficient (Wildman–Crippen LogP) is 3.63. The Labute approximate surface area is 112 Å². The van der Waals surface area contributed by atoms with E-state index in [-0.39, 0.29) is 0 Å². The van der Waals surface area contributed by atoms with Crippen molar-refractivity contribution in [2.75, 3.05) is 7.11 Å². The highest BCUT2D eigenvalue weighted by atomic mass is 16.5. The average Bonchev–Trinajstić information content (AvgIpc) is 2.82. The largest absolute Gasteiger partial charge is 0.497 e. The molecule has 2 aromatic heterocycles. The van der Waals surface area contributed by atoms with E-state index in [1.54, 1.807) is 7.11 Å². The molecule has 0 radical (unpaired) electrons. The summed E-state index contributed by atoms with van der Waals surface area (Å²) in [6, 6.07) is 12.3. The van der Waals surface area contributed by atoms with Gasteiger partial charge in [0.15, 0.2) is 0 Å². The van der Waals surface area contributed by atoms with Gasteiger partial charge in [-0.3, -0.25) is 4.40 Å². The predicted molar refractivity (Wildman–Crippen MR) is 76.7 cm³/mol. The van der Waals surface area contributed by atoms with Gasteiger partial charge < -0.3 is 4.74 Å². The van der Waals surface area contributed by atoms with Crippen molar-refractivity contribution >= 4 is 5.65 Å².